The molecule has 0 aromatic heterocycles. The minimum Gasteiger partial charge on any atom is -0.463 e. The van der Waals surface area contributed by atoms with Crippen molar-refractivity contribution in [1.29, 1.82) is 0 Å². The van der Waals surface area contributed by atoms with Crippen molar-refractivity contribution >= 4 is 23.6 Å². The lowest BCUT2D eigenvalue weighted by molar-refractivity contribution is -0.139. The molecule has 1 heterocycles. The first-order valence-corrected chi connectivity index (χ1v) is 7.01. The number of hydrogen-bond acceptors (Lipinski definition) is 3. The second kappa shape index (κ2) is 6.18. The average Bonchev–Trinajstić information content (AvgIpc) is 2.45. The molecule has 1 atom stereocenters. The van der Waals surface area contributed by atoms with Gasteiger partial charge in [-0.05, 0) is 31.5 Å². The molecule has 1 aromatic rings. The summed E-state index contributed by atoms with van der Waals surface area (Å²) in [5.74, 6) is -0.429. The number of urea groups is 1. The molecule has 1 aromatic carbocycles. The highest BCUT2D eigenvalue weighted by Gasteiger charge is 2.34. The Balaban J connectivity index is 2.48. The number of hydrogen-bond donors (Lipinski definition) is 1. The summed E-state index contributed by atoms with van der Waals surface area (Å²) in [5.41, 5.74) is 1.79. The van der Waals surface area contributed by atoms with Crippen LogP contribution in [-0.2, 0) is 9.53 Å². The maximum atomic E-state index is 12.2. The van der Waals surface area contributed by atoms with E-state index in [4.69, 9.17) is 16.3 Å². The number of nitrogens with zero attached hydrogens (tertiary/aromatic N) is 1. The van der Waals surface area contributed by atoms with Gasteiger partial charge < -0.3 is 15.0 Å². The summed E-state index contributed by atoms with van der Waals surface area (Å²) >= 11 is 5.88. The Morgan fingerprint density at radius 1 is 1.38 bits per heavy atom. The number of halogens is 1. The fourth-order valence-electron chi connectivity index (χ4n) is 2.21. The van der Waals surface area contributed by atoms with Crippen molar-refractivity contribution < 1.29 is 14.3 Å². The summed E-state index contributed by atoms with van der Waals surface area (Å²) in [6.07, 6.45) is 0. The van der Waals surface area contributed by atoms with E-state index in [1.54, 1.807) is 45.2 Å². The number of carbonyl (C=O) groups excluding carboxylic acids is 2. The highest BCUT2D eigenvalue weighted by atomic mass is 35.5. The summed E-state index contributed by atoms with van der Waals surface area (Å²) in [6, 6.07) is 6.21. The molecule has 0 unspecified atom stereocenters. The van der Waals surface area contributed by atoms with Crippen molar-refractivity contribution in [1.82, 2.24) is 10.2 Å². The topological polar surface area (TPSA) is 58.6 Å². The van der Waals surface area contributed by atoms with E-state index in [9.17, 15) is 9.59 Å². The predicted octanol–water partition coefficient (Wildman–Crippen LogP) is 2.87. The lowest BCUT2D eigenvalue weighted by atomic mass is 9.95. The van der Waals surface area contributed by atoms with Crippen molar-refractivity contribution in [2.24, 2.45) is 0 Å². The Kier molecular flexibility index (Phi) is 4.53. The largest absolute Gasteiger partial charge is 0.463 e. The average molecular weight is 309 g/mol. The van der Waals surface area contributed by atoms with Crippen LogP contribution < -0.4 is 5.32 Å². The van der Waals surface area contributed by atoms with Crippen molar-refractivity contribution in [2.45, 2.75) is 19.9 Å². The molecule has 0 radical (unpaired) electrons. The number of amides is 2. The maximum Gasteiger partial charge on any atom is 0.338 e. The summed E-state index contributed by atoms with van der Waals surface area (Å²) in [7, 11) is 1.61. The molecule has 2 amide bonds. The fraction of sp³-hybridized carbons (Fsp3) is 0.333. The third-order valence-electron chi connectivity index (χ3n) is 3.45. The Morgan fingerprint density at radius 2 is 2.00 bits per heavy atom. The van der Waals surface area contributed by atoms with E-state index in [1.165, 1.54) is 4.90 Å². The quantitative estimate of drug-likeness (QED) is 0.874. The maximum absolute atomic E-state index is 12.2. The fourth-order valence-corrected chi connectivity index (χ4v) is 2.34. The molecule has 5 nitrogen and oxygen atoms in total. The number of esters is 1. The zero-order valence-electron chi connectivity index (χ0n) is 12.1. The third kappa shape index (κ3) is 3.03. The van der Waals surface area contributed by atoms with E-state index in [2.05, 4.69) is 5.32 Å². The van der Waals surface area contributed by atoms with Crippen LogP contribution in [-0.4, -0.2) is 30.6 Å². The first kappa shape index (κ1) is 15.4. The number of ether oxygens (including phenoxy) is 1. The smallest absolute Gasteiger partial charge is 0.338 e. The van der Waals surface area contributed by atoms with E-state index in [0.29, 0.717) is 16.3 Å². The molecule has 1 aliphatic rings. The summed E-state index contributed by atoms with van der Waals surface area (Å²) in [5, 5.41) is 3.40. The molecule has 1 aliphatic heterocycles. The van der Waals surface area contributed by atoms with Crippen LogP contribution >= 0.6 is 11.6 Å². The van der Waals surface area contributed by atoms with Gasteiger partial charge in [-0.25, -0.2) is 9.59 Å². The standard InChI is InChI=1S/C15H17ClN2O3/c1-4-21-14(19)12-9(2)18(3)15(20)17-13(12)10-5-7-11(16)8-6-10/h5-8,13H,4H2,1-3H3,(H,17,20)/t13-/m0/s1. The lowest BCUT2D eigenvalue weighted by Gasteiger charge is -2.33. The van der Waals surface area contributed by atoms with Crippen LogP contribution in [0, 0.1) is 0 Å². The molecule has 21 heavy (non-hydrogen) atoms. The van der Waals surface area contributed by atoms with Gasteiger partial charge in [0.05, 0.1) is 18.2 Å². The van der Waals surface area contributed by atoms with Crippen LogP contribution in [0.15, 0.2) is 35.5 Å². The van der Waals surface area contributed by atoms with Crippen LogP contribution in [0.3, 0.4) is 0 Å². The van der Waals surface area contributed by atoms with Gasteiger partial charge in [0.1, 0.15) is 0 Å². The highest BCUT2D eigenvalue weighted by molar-refractivity contribution is 6.30. The minimum atomic E-state index is -0.537. The van der Waals surface area contributed by atoms with Gasteiger partial charge in [-0.3, -0.25) is 0 Å². The van der Waals surface area contributed by atoms with Crippen molar-refractivity contribution in [3.63, 3.8) is 0 Å². The molecule has 0 spiro atoms. The van der Waals surface area contributed by atoms with Gasteiger partial charge >= 0.3 is 12.0 Å². The van der Waals surface area contributed by atoms with Gasteiger partial charge in [0.15, 0.2) is 0 Å². The van der Waals surface area contributed by atoms with Gasteiger partial charge in [-0.15, -0.1) is 0 Å². The van der Waals surface area contributed by atoms with Crippen molar-refractivity contribution in [3.8, 4) is 0 Å². The van der Waals surface area contributed by atoms with Crippen molar-refractivity contribution in [3.05, 3.63) is 46.1 Å². The van der Waals surface area contributed by atoms with E-state index in [0.717, 1.165) is 5.56 Å². The van der Waals surface area contributed by atoms with Gasteiger partial charge in [0.25, 0.3) is 0 Å². The first-order chi connectivity index (χ1) is 9.95. The molecule has 0 bridgehead atoms. The zero-order valence-corrected chi connectivity index (χ0v) is 12.9. The molecule has 2 rings (SSSR count). The SMILES string of the molecule is CCOC(=O)C1=C(C)N(C)C(=O)N[C@H]1c1ccc(Cl)cc1. The second-order valence-corrected chi connectivity index (χ2v) is 5.15. The molecule has 0 fully saturated rings. The number of carbonyl (C=O) groups is 2. The summed E-state index contributed by atoms with van der Waals surface area (Å²) in [6.45, 7) is 3.75. The van der Waals surface area contributed by atoms with E-state index in [-0.39, 0.29) is 12.6 Å². The van der Waals surface area contributed by atoms with Crippen LogP contribution in [0.25, 0.3) is 0 Å². The Labute approximate surface area is 128 Å². The first-order valence-electron chi connectivity index (χ1n) is 6.63. The number of rotatable bonds is 3. The molecule has 0 saturated carbocycles. The number of nitrogens with one attached hydrogen (secondary N) is 1. The van der Waals surface area contributed by atoms with E-state index in [1.807, 2.05) is 0 Å². The Hall–Kier alpha value is -2.01. The third-order valence-corrected chi connectivity index (χ3v) is 3.70. The van der Waals surface area contributed by atoms with Crippen molar-refractivity contribution in [2.75, 3.05) is 13.7 Å². The van der Waals surface area contributed by atoms with Gasteiger partial charge in [-0.2, -0.15) is 0 Å². The van der Waals surface area contributed by atoms with Crippen LogP contribution in [0.1, 0.15) is 25.5 Å². The van der Waals surface area contributed by atoms with Crippen LogP contribution in [0.5, 0.6) is 0 Å². The Bertz CT molecular complexity index is 595. The molecule has 6 heteroatoms. The van der Waals surface area contributed by atoms with E-state index >= 15 is 0 Å². The molecular formula is C15H17ClN2O3. The second-order valence-electron chi connectivity index (χ2n) is 4.71. The minimum absolute atomic E-state index is 0.263. The molecule has 1 N–H and O–H groups in total. The molecule has 0 saturated heterocycles. The van der Waals surface area contributed by atoms with Crippen LogP contribution in [0.2, 0.25) is 5.02 Å². The lowest BCUT2D eigenvalue weighted by Crippen LogP contribution is -2.46. The monoisotopic (exact) mass is 308 g/mol. The van der Waals surface area contributed by atoms with Gasteiger partial charge in [0.2, 0.25) is 0 Å². The summed E-state index contributed by atoms with van der Waals surface area (Å²) in [4.78, 5) is 25.6. The zero-order chi connectivity index (χ0) is 15.6. The van der Waals surface area contributed by atoms with Crippen LogP contribution in [0.4, 0.5) is 4.79 Å². The predicted molar refractivity (Wildman–Crippen MR) is 79.8 cm³/mol. The molecule has 112 valence electrons. The Morgan fingerprint density at radius 3 is 2.57 bits per heavy atom. The molecular weight excluding hydrogens is 292 g/mol. The van der Waals surface area contributed by atoms with Gasteiger partial charge in [0, 0.05) is 17.8 Å². The number of benzene rings is 1. The normalized spacial score (nSPS) is 18.6. The van der Waals surface area contributed by atoms with Gasteiger partial charge in [-0.1, -0.05) is 23.7 Å². The summed E-state index contributed by atoms with van der Waals surface area (Å²) < 4.78 is 5.11. The highest BCUT2D eigenvalue weighted by Crippen LogP contribution is 2.31. The van der Waals surface area contributed by atoms with E-state index < -0.39 is 12.0 Å². The molecule has 0 aliphatic carbocycles. The number of allylic oxidation sites excluding steroid dienone is 1.